The minimum Gasteiger partial charge on any atom is -0.312 e. The maximum atomic E-state index is 10.8. The predicted molar refractivity (Wildman–Crippen MR) is 49.1 cm³/mol. The highest BCUT2D eigenvalue weighted by molar-refractivity contribution is 7.47. The van der Waals surface area contributed by atoms with Gasteiger partial charge in [-0.15, -0.1) is 0 Å². The maximum Gasteiger partial charge on any atom is 0.566 e. The van der Waals surface area contributed by atoms with E-state index in [0.717, 1.165) is 30.8 Å². The standard InChI is InChI=1S/C8H9N2O2P/c11-13(12)8-2-1-6-5-9-4-3-7(6)10-8/h1-2,9H,3-5H2/p+1. The number of rotatable bonds is 1. The fourth-order valence-electron chi connectivity index (χ4n) is 1.43. The van der Waals surface area contributed by atoms with E-state index >= 15 is 0 Å². The molecule has 0 fully saturated rings. The largest absolute Gasteiger partial charge is 0.566 e. The Morgan fingerprint density at radius 1 is 1.54 bits per heavy atom. The van der Waals surface area contributed by atoms with Gasteiger partial charge in [-0.3, -0.25) is 0 Å². The maximum absolute atomic E-state index is 10.8. The van der Waals surface area contributed by atoms with Crippen molar-refractivity contribution in [2.75, 3.05) is 6.54 Å². The molecule has 1 aliphatic rings. The summed E-state index contributed by atoms with van der Waals surface area (Å²) in [6, 6.07) is 3.48. The van der Waals surface area contributed by atoms with Crippen molar-refractivity contribution in [3.63, 3.8) is 0 Å². The van der Waals surface area contributed by atoms with E-state index in [2.05, 4.69) is 10.3 Å². The third-order valence-corrected chi connectivity index (χ3v) is 2.74. The number of pyridine rings is 1. The average molecular weight is 197 g/mol. The summed E-state index contributed by atoms with van der Waals surface area (Å²) in [6.45, 7) is 1.70. The van der Waals surface area contributed by atoms with Crippen molar-refractivity contribution in [2.24, 2.45) is 0 Å². The monoisotopic (exact) mass is 197 g/mol. The summed E-state index contributed by atoms with van der Waals surface area (Å²) in [5.41, 5.74) is 2.37. The summed E-state index contributed by atoms with van der Waals surface area (Å²) in [4.78, 5) is 13.0. The minimum absolute atomic E-state index is 0.288. The highest BCUT2D eigenvalue weighted by Crippen LogP contribution is 2.15. The normalized spacial score (nSPS) is 16.5. The van der Waals surface area contributed by atoms with Gasteiger partial charge in [0.2, 0.25) is 0 Å². The lowest BCUT2D eigenvalue weighted by atomic mass is 10.1. The molecule has 2 rings (SSSR count). The van der Waals surface area contributed by atoms with Crippen molar-refractivity contribution in [3.8, 4) is 0 Å². The van der Waals surface area contributed by atoms with Crippen LogP contribution in [0.3, 0.4) is 0 Å². The predicted octanol–water partition coefficient (Wildman–Crippen LogP) is 0.0873. The van der Waals surface area contributed by atoms with E-state index in [1.807, 2.05) is 6.07 Å². The van der Waals surface area contributed by atoms with Gasteiger partial charge in [0, 0.05) is 25.6 Å². The summed E-state index contributed by atoms with van der Waals surface area (Å²) in [5.74, 6) is 0. The third kappa shape index (κ3) is 1.75. The molecule has 1 aromatic heterocycles. The molecule has 0 bridgehead atoms. The van der Waals surface area contributed by atoms with Crippen molar-refractivity contribution >= 4 is 13.5 Å². The Balaban J connectivity index is 2.40. The lowest BCUT2D eigenvalue weighted by Gasteiger charge is -2.14. The molecule has 0 saturated heterocycles. The zero-order valence-corrected chi connectivity index (χ0v) is 7.92. The van der Waals surface area contributed by atoms with Crippen LogP contribution in [0.5, 0.6) is 0 Å². The van der Waals surface area contributed by atoms with Crippen LogP contribution in [0.15, 0.2) is 12.1 Å². The van der Waals surface area contributed by atoms with Crippen molar-refractivity contribution in [3.05, 3.63) is 23.4 Å². The molecule has 0 saturated carbocycles. The van der Waals surface area contributed by atoms with Gasteiger partial charge in [-0.05, 0) is 16.2 Å². The van der Waals surface area contributed by atoms with Crippen molar-refractivity contribution in [2.45, 2.75) is 13.0 Å². The van der Waals surface area contributed by atoms with Crippen molar-refractivity contribution in [1.82, 2.24) is 10.3 Å². The number of fused-ring (bicyclic) bond motifs is 1. The molecule has 0 aromatic carbocycles. The second kappa shape index (κ2) is 3.50. The van der Waals surface area contributed by atoms with E-state index < -0.39 is 8.03 Å². The molecule has 2 N–H and O–H groups in total. The van der Waals surface area contributed by atoms with Crippen LogP contribution in [0, 0.1) is 0 Å². The smallest absolute Gasteiger partial charge is 0.312 e. The number of nitrogens with zero attached hydrogens (tertiary/aromatic N) is 1. The first-order valence-corrected chi connectivity index (χ1v) is 5.34. The highest BCUT2D eigenvalue weighted by atomic mass is 31.1. The fraction of sp³-hybridized carbons (Fsp3) is 0.375. The van der Waals surface area contributed by atoms with Crippen LogP contribution in [-0.4, -0.2) is 16.4 Å². The summed E-state index contributed by atoms with van der Waals surface area (Å²) < 4.78 is 10.8. The average Bonchev–Trinajstić information content (AvgIpc) is 2.17. The minimum atomic E-state index is -2.29. The van der Waals surface area contributed by atoms with Gasteiger partial charge in [-0.2, -0.15) is 4.89 Å². The van der Waals surface area contributed by atoms with E-state index in [9.17, 15) is 4.57 Å². The van der Waals surface area contributed by atoms with Crippen LogP contribution in [0.25, 0.3) is 0 Å². The van der Waals surface area contributed by atoms with Crippen LogP contribution < -0.4 is 10.8 Å². The van der Waals surface area contributed by atoms with Gasteiger partial charge in [-0.25, -0.2) is 4.98 Å². The molecule has 13 heavy (non-hydrogen) atoms. The molecule has 1 atom stereocenters. The van der Waals surface area contributed by atoms with Gasteiger partial charge in [0.1, 0.15) is 0 Å². The molecular weight excluding hydrogens is 187 g/mol. The van der Waals surface area contributed by atoms with Gasteiger partial charge >= 0.3 is 13.5 Å². The number of hydrogen-bond acceptors (Lipinski definition) is 3. The number of nitrogens with one attached hydrogen (secondary N) is 1. The van der Waals surface area contributed by atoms with E-state index in [1.54, 1.807) is 6.07 Å². The second-order valence-electron chi connectivity index (χ2n) is 2.97. The Morgan fingerprint density at radius 2 is 2.38 bits per heavy atom. The van der Waals surface area contributed by atoms with Crippen LogP contribution in [0.1, 0.15) is 11.3 Å². The highest BCUT2D eigenvalue weighted by Gasteiger charge is 2.21. The van der Waals surface area contributed by atoms with Crippen LogP contribution in [0.2, 0.25) is 0 Å². The van der Waals surface area contributed by atoms with Gasteiger partial charge < -0.3 is 5.32 Å². The number of aromatic nitrogens is 1. The van der Waals surface area contributed by atoms with E-state index in [-0.39, 0.29) is 5.44 Å². The molecular formula is C8H10N2O2P+. The lowest BCUT2D eigenvalue weighted by molar-refractivity contribution is 0.512. The topological polar surface area (TPSA) is 62.2 Å². The van der Waals surface area contributed by atoms with E-state index in [1.165, 1.54) is 0 Å². The van der Waals surface area contributed by atoms with Crippen LogP contribution in [0.4, 0.5) is 0 Å². The van der Waals surface area contributed by atoms with Gasteiger partial charge in [0.25, 0.3) is 0 Å². The zero-order valence-electron chi connectivity index (χ0n) is 7.03. The summed E-state index contributed by atoms with van der Waals surface area (Å²) in [5, 5.41) is 3.21. The Bertz CT molecular complexity index is 354. The molecule has 0 aliphatic carbocycles. The molecule has 4 nitrogen and oxygen atoms in total. The Kier molecular flexibility index (Phi) is 2.36. The molecule has 0 amide bonds. The molecule has 2 heterocycles. The molecule has 1 aromatic rings. The second-order valence-corrected chi connectivity index (χ2v) is 3.98. The van der Waals surface area contributed by atoms with Gasteiger partial charge in [-0.1, -0.05) is 0 Å². The quantitative estimate of drug-likeness (QED) is 0.626. The van der Waals surface area contributed by atoms with Crippen molar-refractivity contribution in [1.29, 1.82) is 0 Å². The first-order valence-electron chi connectivity index (χ1n) is 4.13. The molecule has 1 aliphatic heterocycles. The summed E-state index contributed by atoms with van der Waals surface area (Å²) in [6.07, 6.45) is 0.840. The Morgan fingerprint density at radius 3 is 3.15 bits per heavy atom. The van der Waals surface area contributed by atoms with Crippen molar-refractivity contribution < 1.29 is 9.46 Å². The molecule has 0 spiro atoms. The SMILES string of the molecule is O=[P+](O)c1ccc2c(n1)CCNC2. The summed E-state index contributed by atoms with van der Waals surface area (Å²) >= 11 is 0. The lowest BCUT2D eigenvalue weighted by Crippen LogP contribution is -2.26. The van der Waals surface area contributed by atoms with Gasteiger partial charge in [0.05, 0.1) is 5.69 Å². The molecule has 5 heteroatoms. The van der Waals surface area contributed by atoms with E-state index in [4.69, 9.17) is 4.89 Å². The van der Waals surface area contributed by atoms with E-state index in [0.29, 0.717) is 0 Å². The van der Waals surface area contributed by atoms with Crippen LogP contribution in [-0.2, 0) is 17.5 Å². The number of hydrogen-bond donors (Lipinski definition) is 2. The van der Waals surface area contributed by atoms with Crippen LogP contribution >= 0.6 is 8.03 Å². The van der Waals surface area contributed by atoms with Gasteiger partial charge in [0.15, 0.2) is 0 Å². The summed E-state index contributed by atoms with van der Waals surface area (Å²) in [7, 11) is -2.29. The molecule has 0 radical (unpaired) electrons. The zero-order chi connectivity index (χ0) is 9.26. The Labute approximate surface area is 76.9 Å². The first-order chi connectivity index (χ1) is 6.27. The molecule has 1 unspecified atom stereocenters. The molecule has 68 valence electrons. The third-order valence-electron chi connectivity index (χ3n) is 2.10. The Hall–Kier alpha value is -0.830. The fourth-order valence-corrected chi connectivity index (χ4v) is 1.84. The first kappa shape index (κ1) is 8.75.